The Kier molecular flexibility index (Phi) is 7.39. The van der Waals surface area contributed by atoms with Gasteiger partial charge in [-0.25, -0.2) is 4.79 Å². The molecule has 6 nitrogen and oxygen atoms in total. The number of carbonyl (C=O) groups is 3. The maximum absolute atomic E-state index is 12.5. The lowest BCUT2D eigenvalue weighted by Gasteiger charge is -2.12. The van der Waals surface area contributed by atoms with Gasteiger partial charge in [-0.05, 0) is 56.2 Å². The molecule has 0 spiro atoms. The largest absolute Gasteiger partial charge is 0.484 e. The van der Waals surface area contributed by atoms with E-state index in [1.807, 2.05) is 45.0 Å². The van der Waals surface area contributed by atoms with Crippen molar-refractivity contribution in [1.82, 2.24) is 0 Å². The number of hydrogen-bond acceptors (Lipinski definition) is 5. The van der Waals surface area contributed by atoms with E-state index < -0.39 is 11.9 Å². The fraction of sp³-hybridized carbons (Fsp3) is 0.192. The van der Waals surface area contributed by atoms with Crippen LogP contribution in [0.3, 0.4) is 0 Å². The number of ketones is 1. The molecule has 1 amide bonds. The lowest BCUT2D eigenvalue weighted by molar-refractivity contribution is -0.118. The Morgan fingerprint density at radius 2 is 1.53 bits per heavy atom. The van der Waals surface area contributed by atoms with Crippen LogP contribution in [0, 0.1) is 20.8 Å². The molecular weight excluding hydrogens is 406 g/mol. The highest BCUT2D eigenvalue weighted by Gasteiger charge is 2.17. The summed E-state index contributed by atoms with van der Waals surface area (Å²) in [7, 11) is 0. The van der Waals surface area contributed by atoms with Crippen molar-refractivity contribution in [1.29, 1.82) is 0 Å². The lowest BCUT2D eigenvalue weighted by atomic mass is 10.1. The quantitative estimate of drug-likeness (QED) is 0.414. The second-order valence-electron chi connectivity index (χ2n) is 7.49. The first-order chi connectivity index (χ1) is 15.3. The summed E-state index contributed by atoms with van der Waals surface area (Å²) in [6.07, 6.45) is 0. The SMILES string of the molecule is Cc1ccc(C(=O)COC(=O)c2ccccc2NC(=O)COc2ccc(C)c(C)c2)cc1. The highest BCUT2D eigenvalue weighted by molar-refractivity contribution is 6.03. The second kappa shape index (κ2) is 10.4. The number of esters is 1. The van der Waals surface area contributed by atoms with Crippen LogP contribution in [0.4, 0.5) is 5.69 Å². The van der Waals surface area contributed by atoms with Gasteiger partial charge in [0, 0.05) is 5.56 Å². The van der Waals surface area contributed by atoms with Crippen LogP contribution in [0.25, 0.3) is 0 Å². The fourth-order valence-electron chi connectivity index (χ4n) is 2.94. The van der Waals surface area contributed by atoms with Crippen LogP contribution in [0.5, 0.6) is 5.75 Å². The molecule has 0 radical (unpaired) electrons. The zero-order valence-electron chi connectivity index (χ0n) is 18.3. The molecule has 0 saturated heterocycles. The maximum Gasteiger partial charge on any atom is 0.340 e. The number of Topliss-reactive ketones (excluding diaryl/α,β-unsaturated/α-hetero) is 1. The molecule has 0 aliphatic rings. The number of nitrogens with one attached hydrogen (secondary N) is 1. The van der Waals surface area contributed by atoms with Gasteiger partial charge >= 0.3 is 5.97 Å². The molecule has 32 heavy (non-hydrogen) atoms. The van der Waals surface area contributed by atoms with Crippen molar-refractivity contribution in [3.63, 3.8) is 0 Å². The van der Waals surface area contributed by atoms with E-state index >= 15 is 0 Å². The number of hydrogen-bond donors (Lipinski definition) is 1. The van der Waals surface area contributed by atoms with Crippen molar-refractivity contribution >= 4 is 23.3 Å². The Hall–Kier alpha value is -3.93. The zero-order valence-corrected chi connectivity index (χ0v) is 18.3. The maximum atomic E-state index is 12.5. The van der Waals surface area contributed by atoms with Gasteiger partial charge in [0.1, 0.15) is 5.75 Å². The molecular formula is C26H25NO5. The Morgan fingerprint density at radius 3 is 2.25 bits per heavy atom. The van der Waals surface area contributed by atoms with Gasteiger partial charge in [-0.2, -0.15) is 0 Å². The average molecular weight is 431 g/mol. The number of rotatable bonds is 8. The van der Waals surface area contributed by atoms with Crippen LogP contribution in [0.1, 0.15) is 37.4 Å². The van der Waals surface area contributed by atoms with E-state index in [0.717, 1.165) is 16.7 Å². The number of anilines is 1. The second-order valence-corrected chi connectivity index (χ2v) is 7.49. The van der Waals surface area contributed by atoms with Crippen molar-refractivity contribution in [3.05, 3.63) is 94.5 Å². The van der Waals surface area contributed by atoms with Gasteiger partial charge in [0.2, 0.25) is 0 Å². The first-order valence-corrected chi connectivity index (χ1v) is 10.2. The monoisotopic (exact) mass is 431 g/mol. The van der Waals surface area contributed by atoms with Crippen LogP contribution >= 0.6 is 0 Å². The summed E-state index contributed by atoms with van der Waals surface area (Å²) in [5.74, 6) is -0.831. The highest BCUT2D eigenvalue weighted by atomic mass is 16.5. The number of benzene rings is 3. The van der Waals surface area contributed by atoms with Gasteiger partial charge < -0.3 is 14.8 Å². The first-order valence-electron chi connectivity index (χ1n) is 10.2. The van der Waals surface area contributed by atoms with Gasteiger partial charge in [-0.1, -0.05) is 48.0 Å². The van der Waals surface area contributed by atoms with Crippen molar-refractivity contribution in [3.8, 4) is 5.75 Å². The van der Waals surface area contributed by atoms with Crippen LogP contribution in [-0.2, 0) is 9.53 Å². The third-order valence-electron chi connectivity index (χ3n) is 4.98. The van der Waals surface area contributed by atoms with E-state index in [2.05, 4.69) is 5.32 Å². The van der Waals surface area contributed by atoms with Gasteiger partial charge in [-0.3, -0.25) is 9.59 Å². The first kappa shape index (κ1) is 22.7. The minimum absolute atomic E-state index is 0.156. The standard InChI is InChI=1S/C26H25NO5/c1-17-8-11-20(12-9-17)24(28)15-32-26(30)22-6-4-5-7-23(22)27-25(29)16-31-21-13-10-18(2)19(3)14-21/h4-14H,15-16H2,1-3H3,(H,27,29). The summed E-state index contributed by atoms with van der Waals surface area (Å²) < 4.78 is 10.7. The minimum atomic E-state index is -0.698. The van der Waals surface area contributed by atoms with Crippen LogP contribution in [0.2, 0.25) is 0 Å². The van der Waals surface area contributed by atoms with Gasteiger partial charge in [0.05, 0.1) is 11.3 Å². The van der Waals surface area contributed by atoms with E-state index in [1.165, 1.54) is 6.07 Å². The predicted molar refractivity (Wildman–Crippen MR) is 122 cm³/mol. The van der Waals surface area contributed by atoms with Crippen LogP contribution in [-0.4, -0.2) is 30.9 Å². The van der Waals surface area contributed by atoms with E-state index in [9.17, 15) is 14.4 Å². The average Bonchev–Trinajstić information content (AvgIpc) is 2.79. The topological polar surface area (TPSA) is 81.7 Å². The summed E-state index contributed by atoms with van der Waals surface area (Å²) in [6, 6.07) is 19.1. The Labute approximate surface area is 187 Å². The molecule has 3 aromatic carbocycles. The Balaban J connectivity index is 1.58. The van der Waals surface area contributed by atoms with E-state index in [-0.39, 0.29) is 30.2 Å². The van der Waals surface area contributed by atoms with E-state index in [1.54, 1.807) is 36.4 Å². The van der Waals surface area contributed by atoms with Crippen molar-refractivity contribution in [2.75, 3.05) is 18.5 Å². The van der Waals surface area contributed by atoms with Crippen LogP contribution in [0.15, 0.2) is 66.7 Å². The molecule has 1 N–H and O–H groups in total. The summed E-state index contributed by atoms with van der Waals surface area (Å²) in [6.45, 7) is 5.29. The molecule has 6 heteroatoms. The number of aryl methyl sites for hydroxylation is 3. The zero-order chi connectivity index (χ0) is 23.1. The predicted octanol–water partition coefficient (Wildman–Crippen LogP) is 4.67. The molecule has 0 bridgehead atoms. The molecule has 0 atom stereocenters. The Morgan fingerprint density at radius 1 is 0.812 bits per heavy atom. The molecule has 3 aromatic rings. The molecule has 164 valence electrons. The Bertz CT molecular complexity index is 1140. The smallest absolute Gasteiger partial charge is 0.340 e. The van der Waals surface area contributed by atoms with Crippen molar-refractivity contribution in [2.24, 2.45) is 0 Å². The third-order valence-corrected chi connectivity index (χ3v) is 4.98. The molecule has 0 aromatic heterocycles. The summed E-state index contributed by atoms with van der Waals surface area (Å²) >= 11 is 0. The van der Waals surface area contributed by atoms with E-state index in [0.29, 0.717) is 11.3 Å². The van der Waals surface area contributed by atoms with Crippen LogP contribution < -0.4 is 10.1 Å². The molecule has 0 aliphatic carbocycles. The molecule has 0 saturated carbocycles. The molecule has 0 fully saturated rings. The third kappa shape index (κ3) is 6.04. The van der Waals surface area contributed by atoms with Gasteiger partial charge in [0.15, 0.2) is 19.0 Å². The number of ether oxygens (including phenoxy) is 2. The summed E-state index contributed by atoms with van der Waals surface area (Å²) in [5, 5.41) is 2.66. The number of para-hydroxylation sites is 1. The van der Waals surface area contributed by atoms with E-state index in [4.69, 9.17) is 9.47 Å². The lowest BCUT2D eigenvalue weighted by Crippen LogP contribution is -2.22. The minimum Gasteiger partial charge on any atom is -0.484 e. The van der Waals surface area contributed by atoms with Crippen molar-refractivity contribution in [2.45, 2.75) is 20.8 Å². The van der Waals surface area contributed by atoms with Gasteiger partial charge in [-0.15, -0.1) is 0 Å². The van der Waals surface area contributed by atoms with Gasteiger partial charge in [0.25, 0.3) is 5.91 Å². The summed E-state index contributed by atoms with van der Waals surface area (Å²) in [4.78, 5) is 37.1. The molecule has 0 unspecified atom stereocenters. The summed E-state index contributed by atoms with van der Waals surface area (Å²) in [5.41, 5.74) is 4.14. The molecule has 3 rings (SSSR count). The normalized spacial score (nSPS) is 10.3. The molecule has 0 heterocycles. The number of amides is 1. The number of carbonyl (C=O) groups excluding carboxylic acids is 3. The molecule has 0 aliphatic heterocycles. The van der Waals surface area contributed by atoms with Crippen molar-refractivity contribution < 1.29 is 23.9 Å². The highest BCUT2D eigenvalue weighted by Crippen LogP contribution is 2.18. The fourth-order valence-corrected chi connectivity index (χ4v) is 2.94.